The van der Waals surface area contributed by atoms with Gasteiger partial charge in [-0.3, -0.25) is 14.4 Å². The lowest BCUT2D eigenvalue weighted by molar-refractivity contribution is -0.167. The summed E-state index contributed by atoms with van der Waals surface area (Å²) < 4.78 is 16.9. The summed E-state index contributed by atoms with van der Waals surface area (Å²) in [6.07, 6.45) is 59.6. The molecular weight excluding hydrogens is 841 g/mol. The quantitative estimate of drug-likeness (QED) is 0.0343. The van der Waals surface area contributed by atoms with Crippen LogP contribution in [0, 0.1) is 11.8 Å². The van der Waals surface area contributed by atoms with Gasteiger partial charge >= 0.3 is 17.9 Å². The van der Waals surface area contributed by atoms with Crippen LogP contribution in [-0.2, 0) is 28.6 Å². The lowest BCUT2D eigenvalue weighted by Crippen LogP contribution is -2.30. The summed E-state index contributed by atoms with van der Waals surface area (Å²) in [6, 6.07) is 0. The first-order valence-corrected chi connectivity index (χ1v) is 30.7. The van der Waals surface area contributed by atoms with E-state index in [1.54, 1.807) is 0 Å². The van der Waals surface area contributed by atoms with E-state index in [4.69, 9.17) is 14.2 Å². The highest BCUT2D eigenvalue weighted by molar-refractivity contribution is 5.71. The van der Waals surface area contributed by atoms with E-state index in [2.05, 4.69) is 34.6 Å². The molecule has 0 bridgehead atoms. The van der Waals surface area contributed by atoms with Crippen molar-refractivity contribution in [3.63, 3.8) is 0 Å². The van der Waals surface area contributed by atoms with Crippen molar-refractivity contribution in [2.45, 2.75) is 355 Å². The zero-order valence-corrected chi connectivity index (χ0v) is 46.7. The molecule has 0 amide bonds. The topological polar surface area (TPSA) is 78.9 Å². The average Bonchev–Trinajstić information content (AvgIpc) is 3.31. The summed E-state index contributed by atoms with van der Waals surface area (Å²) in [5, 5.41) is 0. The van der Waals surface area contributed by atoms with Gasteiger partial charge in [0.05, 0.1) is 0 Å². The number of unbranched alkanes of at least 4 members (excludes halogenated alkanes) is 41. The zero-order valence-electron chi connectivity index (χ0n) is 46.7. The third kappa shape index (κ3) is 55.3. The molecule has 0 fully saturated rings. The number of ether oxygens (including phenoxy) is 3. The molecule has 0 rings (SSSR count). The minimum absolute atomic E-state index is 0.0624. The molecule has 0 unspecified atom stereocenters. The number of rotatable bonds is 56. The minimum Gasteiger partial charge on any atom is -0.462 e. The molecule has 0 N–H and O–H groups in total. The Morgan fingerprint density at radius 2 is 0.485 bits per heavy atom. The molecule has 0 aromatic rings. The van der Waals surface area contributed by atoms with E-state index in [1.807, 2.05) is 0 Å². The van der Waals surface area contributed by atoms with Gasteiger partial charge in [0, 0.05) is 19.3 Å². The molecule has 0 aromatic carbocycles. The van der Waals surface area contributed by atoms with Crippen molar-refractivity contribution in [1.29, 1.82) is 0 Å². The second-order valence-electron chi connectivity index (χ2n) is 22.3. The van der Waals surface area contributed by atoms with Crippen LogP contribution in [0.4, 0.5) is 0 Å². The molecule has 0 spiro atoms. The Hall–Kier alpha value is -1.59. The molecule has 68 heavy (non-hydrogen) atoms. The third-order valence-electron chi connectivity index (χ3n) is 14.2. The summed E-state index contributed by atoms with van der Waals surface area (Å²) in [7, 11) is 0. The summed E-state index contributed by atoms with van der Waals surface area (Å²) >= 11 is 0. The predicted molar refractivity (Wildman–Crippen MR) is 293 cm³/mol. The van der Waals surface area contributed by atoms with Gasteiger partial charge in [-0.1, -0.05) is 311 Å². The fourth-order valence-corrected chi connectivity index (χ4v) is 9.58. The Balaban J connectivity index is 4.27. The molecule has 6 heteroatoms. The largest absolute Gasteiger partial charge is 0.462 e. The number of hydrogen-bond donors (Lipinski definition) is 0. The Labute approximate surface area is 425 Å². The predicted octanol–water partition coefficient (Wildman–Crippen LogP) is 20.4. The van der Waals surface area contributed by atoms with Gasteiger partial charge in [0.2, 0.25) is 0 Å². The van der Waals surface area contributed by atoms with Crippen molar-refractivity contribution >= 4 is 17.9 Å². The fourth-order valence-electron chi connectivity index (χ4n) is 9.58. The first-order chi connectivity index (χ1) is 33.2. The monoisotopic (exact) mass is 961 g/mol. The number of carbonyl (C=O) groups excluding carboxylic acids is 3. The maximum atomic E-state index is 12.9. The van der Waals surface area contributed by atoms with Gasteiger partial charge in [-0.25, -0.2) is 0 Å². The second kappa shape index (κ2) is 54.7. The molecule has 404 valence electrons. The number of hydrogen-bond acceptors (Lipinski definition) is 6. The van der Waals surface area contributed by atoms with Crippen molar-refractivity contribution in [2.75, 3.05) is 13.2 Å². The highest BCUT2D eigenvalue weighted by Crippen LogP contribution is 2.19. The van der Waals surface area contributed by atoms with Crippen molar-refractivity contribution in [3.05, 3.63) is 0 Å². The molecule has 0 aliphatic carbocycles. The molecule has 0 aliphatic rings. The van der Waals surface area contributed by atoms with Gasteiger partial charge in [0.15, 0.2) is 6.10 Å². The van der Waals surface area contributed by atoms with Crippen molar-refractivity contribution in [1.82, 2.24) is 0 Å². The molecule has 0 aromatic heterocycles. The third-order valence-corrected chi connectivity index (χ3v) is 14.2. The molecule has 0 radical (unpaired) electrons. The Kier molecular flexibility index (Phi) is 53.5. The van der Waals surface area contributed by atoms with Gasteiger partial charge in [-0.2, -0.15) is 0 Å². The lowest BCUT2D eigenvalue weighted by Gasteiger charge is -2.18. The van der Waals surface area contributed by atoms with Gasteiger partial charge in [0.1, 0.15) is 13.2 Å². The summed E-state index contributed by atoms with van der Waals surface area (Å²) in [5.74, 6) is 0.830. The first-order valence-electron chi connectivity index (χ1n) is 30.7. The maximum absolute atomic E-state index is 12.9. The smallest absolute Gasteiger partial charge is 0.306 e. The van der Waals surface area contributed by atoms with Crippen LogP contribution in [0.1, 0.15) is 349 Å². The Morgan fingerprint density at radius 1 is 0.279 bits per heavy atom. The molecule has 0 saturated heterocycles. The number of carbonyl (C=O) groups is 3. The minimum atomic E-state index is -0.763. The molecule has 1 atom stereocenters. The van der Waals surface area contributed by atoms with E-state index in [1.165, 1.54) is 238 Å². The van der Waals surface area contributed by atoms with E-state index in [-0.39, 0.29) is 31.1 Å². The van der Waals surface area contributed by atoms with Crippen LogP contribution in [0.2, 0.25) is 0 Å². The standard InChI is InChI=1S/C62H120O6/c1-6-7-8-9-10-11-12-13-14-15-16-17-20-23-26-32-37-42-47-52-60(63)66-55-59(56-67-61(64)53-48-43-38-33-29-28-31-36-41-46-51-58(4)5)68-62(65)54-49-44-39-34-27-24-21-18-19-22-25-30-35-40-45-50-57(2)3/h57-59H,6-56H2,1-5H3/t59-/m1/s1. The molecule has 6 nitrogen and oxygen atoms in total. The van der Waals surface area contributed by atoms with Crippen molar-refractivity contribution < 1.29 is 28.6 Å². The van der Waals surface area contributed by atoms with Crippen LogP contribution >= 0.6 is 0 Å². The van der Waals surface area contributed by atoms with Gasteiger partial charge in [0.25, 0.3) is 0 Å². The molecule has 0 aliphatic heterocycles. The van der Waals surface area contributed by atoms with Gasteiger partial charge in [-0.05, 0) is 31.1 Å². The van der Waals surface area contributed by atoms with Crippen molar-refractivity contribution in [2.24, 2.45) is 11.8 Å². The van der Waals surface area contributed by atoms with E-state index in [9.17, 15) is 14.4 Å². The number of esters is 3. The van der Waals surface area contributed by atoms with Crippen LogP contribution in [0.15, 0.2) is 0 Å². The molecular formula is C62H120O6. The van der Waals surface area contributed by atoms with Crippen molar-refractivity contribution in [3.8, 4) is 0 Å². The maximum Gasteiger partial charge on any atom is 0.306 e. The zero-order chi connectivity index (χ0) is 49.6. The van der Waals surface area contributed by atoms with E-state index in [0.29, 0.717) is 19.3 Å². The lowest BCUT2D eigenvalue weighted by atomic mass is 10.0. The van der Waals surface area contributed by atoms with Crippen LogP contribution in [0.3, 0.4) is 0 Å². The molecule has 0 heterocycles. The SMILES string of the molecule is CCCCCCCCCCCCCCCCCCCCCC(=O)OC[C@H](COC(=O)CCCCCCCCCCCCC(C)C)OC(=O)CCCCCCCCCCCCCCCCCC(C)C. The molecule has 0 saturated carbocycles. The second-order valence-corrected chi connectivity index (χ2v) is 22.3. The Morgan fingerprint density at radius 3 is 0.721 bits per heavy atom. The summed E-state index contributed by atoms with van der Waals surface area (Å²) in [4.78, 5) is 38.2. The van der Waals surface area contributed by atoms with E-state index in [0.717, 1.165) is 69.6 Å². The fraction of sp³-hybridized carbons (Fsp3) is 0.952. The Bertz CT molecular complexity index is 1040. The van der Waals surface area contributed by atoms with Crippen LogP contribution in [0.5, 0.6) is 0 Å². The first kappa shape index (κ1) is 66.4. The normalized spacial score (nSPS) is 12.0. The van der Waals surface area contributed by atoms with Gasteiger partial charge in [-0.15, -0.1) is 0 Å². The van der Waals surface area contributed by atoms with Crippen LogP contribution in [0.25, 0.3) is 0 Å². The summed E-state index contributed by atoms with van der Waals surface area (Å²) in [5.41, 5.74) is 0. The highest BCUT2D eigenvalue weighted by atomic mass is 16.6. The van der Waals surface area contributed by atoms with E-state index < -0.39 is 6.10 Å². The van der Waals surface area contributed by atoms with Crippen LogP contribution < -0.4 is 0 Å². The van der Waals surface area contributed by atoms with Gasteiger partial charge < -0.3 is 14.2 Å². The summed E-state index contributed by atoms with van der Waals surface area (Å²) in [6.45, 7) is 11.4. The average molecular weight is 962 g/mol. The van der Waals surface area contributed by atoms with E-state index >= 15 is 0 Å². The van der Waals surface area contributed by atoms with Crippen LogP contribution in [-0.4, -0.2) is 37.2 Å². The highest BCUT2D eigenvalue weighted by Gasteiger charge is 2.19.